The zero-order valence-electron chi connectivity index (χ0n) is 21.9. The average molecular weight is 562 g/mol. The van der Waals surface area contributed by atoms with Crippen LogP contribution in [0.4, 0.5) is 11.6 Å². The van der Waals surface area contributed by atoms with Crippen LogP contribution in [-0.2, 0) is 17.8 Å². The lowest BCUT2D eigenvalue weighted by Gasteiger charge is -2.26. The average Bonchev–Trinajstić information content (AvgIpc) is 3.38. The van der Waals surface area contributed by atoms with Crippen molar-refractivity contribution in [2.45, 2.75) is 20.0 Å². The van der Waals surface area contributed by atoms with Crippen LogP contribution in [0.1, 0.15) is 27.2 Å². The second-order valence-corrected chi connectivity index (χ2v) is 10.3. The SMILES string of the molecule is Cc1cc(NCCN2CCOCC2)ncc1-n1cc(C(=O)O)c(=O)c2cc(Cl)c(N3Cc4cccnc4C3)nc21. The first-order valence-corrected chi connectivity index (χ1v) is 13.4. The maximum atomic E-state index is 13.2. The van der Waals surface area contributed by atoms with Crippen LogP contribution in [0.25, 0.3) is 16.7 Å². The van der Waals surface area contributed by atoms with Crippen molar-refractivity contribution in [3.8, 4) is 5.69 Å². The fourth-order valence-corrected chi connectivity index (χ4v) is 5.46. The molecule has 0 bridgehead atoms. The molecule has 1 fully saturated rings. The molecule has 0 aromatic carbocycles. The number of aromatic carboxylic acids is 1. The molecule has 40 heavy (non-hydrogen) atoms. The quantitative estimate of drug-likeness (QED) is 0.347. The highest BCUT2D eigenvalue weighted by Crippen LogP contribution is 2.33. The van der Waals surface area contributed by atoms with E-state index in [1.54, 1.807) is 17.0 Å². The topological polar surface area (TPSA) is 126 Å². The van der Waals surface area contributed by atoms with Gasteiger partial charge >= 0.3 is 5.97 Å². The number of aryl methyl sites for hydroxylation is 1. The normalized spacial score (nSPS) is 15.4. The van der Waals surface area contributed by atoms with Gasteiger partial charge in [0, 0.05) is 45.1 Å². The van der Waals surface area contributed by atoms with Gasteiger partial charge in [0.1, 0.15) is 11.4 Å². The number of anilines is 2. The zero-order valence-corrected chi connectivity index (χ0v) is 22.7. The summed E-state index contributed by atoms with van der Waals surface area (Å²) in [5, 5.41) is 13.5. The molecule has 1 saturated heterocycles. The largest absolute Gasteiger partial charge is 0.477 e. The number of rotatable bonds is 7. The minimum Gasteiger partial charge on any atom is -0.477 e. The third kappa shape index (κ3) is 4.99. The first-order chi connectivity index (χ1) is 19.4. The molecule has 206 valence electrons. The van der Waals surface area contributed by atoms with Gasteiger partial charge in [-0.1, -0.05) is 17.7 Å². The fourth-order valence-electron chi connectivity index (χ4n) is 5.19. The third-order valence-corrected chi connectivity index (χ3v) is 7.59. The van der Waals surface area contributed by atoms with Gasteiger partial charge in [-0.05, 0) is 36.2 Å². The van der Waals surface area contributed by atoms with Gasteiger partial charge < -0.3 is 20.1 Å². The lowest BCUT2D eigenvalue weighted by atomic mass is 10.1. The highest BCUT2D eigenvalue weighted by Gasteiger charge is 2.25. The number of carbonyl (C=O) groups is 1. The Labute approximate surface area is 235 Å². The summed E-state index contributed by atoms with van der Waals surface area (Å²) in [6.07, 6.45) is 4.72. The Bertz CT molecular complexity index is 1640. The van der Waals surface area contributed by atoms with Crippen LogP contribution in [0.5, 0.6) is 0 Å². The molecule has 0 atom stereocenters. The maximum absolute atomic E-state index is 13.2. The molecule has 11 nitrogen and oxygen atoms in total. The van der Waals surface area contributed by atoms with E-state index < -0.39 is 11.4 Å². The Morgan fingerprint density at radius 3 is 2.77 bits per heavy atom. The number of morpholine rings is 1. The monoisotopic (exact) mass is 561 g/mol. The van der Waals surface area contributed by atoms with E-state index in [2.05, 4.69) is 20.2 Å². The molecule has 12 heteroatoms. The Morgan fingerprint density at radius 1 is 1.20 bits per heavy atom. The molecule has 0 unspecified atom stereocenters. The molecule has 6 heterocycles. The van der Waals surface area contributed by atoms with Gasteiger partial charge in [0.05, 0.1) is 47.7 Å². The first kappa shape index (κ1) is 26.2. The van der Waals surface area contributed by atoms with Crippen molar-refractivity contribution in [2.75, 3.05) is 49.6 Å². The molecule has 0 spiro atoms. The van der Waals surface area contributed by atoms with Crippen LogP contribution in [0.15, 0.2) is 47.7 Å². The van der Waals surface area contributed by atoms with Crippen molar-refractivity contribution in [1.82, 2.24) is 24.4 Å². The number of pyridine rings is 4. The summed E-state index contributed by atoms with van der Waals surface area (Å²) < 4.78 is 7.02. The van der Waals surface area contributed by atoms with E-state index >= 15 is 0 Å². The van der Waals surface area contributed by atoms with Crippen molar-refractivity contribution in [1.29, 1.82) is 0 Å². The van der Waals surface area contributed by atoms with Crippen LogP contribution in [0.2, 0.25) is 5.02 Å². The van der Waals surface area contributed by atoms with Gasteiger partial charge in [-0.15, -0.1) is 0 Å². The number of nitrogens with one attached hydrogen (secondary N) is 1. The Morgan fingerprint density at radius 2 is 2.02 bits per heavy atom. The number of halogens is 1. The van der Waals surface area contributed by atoms with Crippen LogP contribution < -0.4 is 15.6 Å². The molecular weight excluding hydrogens is 534 g/mol. The highest BCUT2D eigenvalue weighted by molar-refractivity contribution is 6.33. The summed E-state index contributed by atoms with van der Waals surface area (Å²) in [4.78, 5) is 43.3. The summed E-state index contributed by atoms with van der Waals surface area (Å²) in [6.45, 7) is 7.94. The number of aromatic nitrogens is 4. The second kappa shape index (κ2) is 10.8. The fraction of sp³-hybridized carbons (Fsp3) is 0.321. The van der Waals surface area contributed by atoms with Gasteiger partial charge in [-0.25, -0.2) is 14.8 Å². The molecule has 0 saturated carbocycles. The lowest BCUT2D eigenvalue weighted by molar-refractivity contribution is 0.0398. The highest BCUT2D eigenvalue weighted by atomic mass is 35.5. The number of hydrogen-bond acceptors (Lipinski definition) is 9. The Balaban J connectivity index is 1.37. The van der Waals surface area contributed by atoms with Crippen molar-refractivity contribution in [3.05, 3.63) is 80.5 Å². The van der Waals surface area contributed by atoms with E-state index in [0.29, 0.717) is 36.1 Å². The zero-order chi connectivity index (χ0) is 27.8. The number of hydrogen-bond donors (Lipinski definition) is 2. The van der Waals surface area contributed by atoms with E-state index in [-0.39, 0.29) is 16.0 Å². The predicted octanol–water partition coefficient (Wildman–Crippen LogP) is 3.10. The Hall–Kier alpha value is -4.06. The maximum Gasteiger partial charge on any atom is 0.341 e. The van der Waals surface area contributed by atoms with Crippen molar-refractivity contribution in [3.63, 3.8) is 0 Å². The first-order valence-electron chi connectivity index (χ1n) is 13.1. The summed E-state index contributed by atoms with van der Waals surface area (Å²) in [7, 11) is 0. The molecule has 0 radical (unpaired) electrons. The van der Waals surface area contributed by atoms with Crippen LogP contribution in [0.3, 0.4) is 0 Å². The predicted molar refractivity (Wildman–Crippen MR) is 152 cm³/mol. The minimum atomic E-state index is -1.33. The molecule has 6 rings (SSSR count). The van der Waals surface area contributed by atoms with Crippen molar-refractivity contribution >= 4 is 40.2 Å². The van der Waals surface area contributed by atoms with Gasteiger partial charge in [0.2, 0.25) is 5.43 Å². The molecule has 4 aromatic rings. The number of carboxylic acids is 1. The molecule has 0 aliphatic carbocycles. The van der Waals surface area contributed by atoms with Crippen LogP contribution in [-0.4, -0.2) is 74.9 Å². The van der Waals surface area contributed by atoms with Crippen molar-refractivity contribution in [2.24, 2.45) is 0 Å². The second-order valence-electron chi connectivity index (χ2n) is 9.91. The number of fused-ring (bicyclic) bond motifs is 2. The third-order valence-electron chi connectivity index (χ3n) is 7.31. The van der Waals surface area contributed by atoms with Gasteiger partial charge in [-0.3, -0.25) is 19.2 Å². The van der Waals surface area contributed by atoms with Crippen LogP contribution in [0, 0.1) is 6.92 Å². The summed E-state index contributed by atoms with van der Waals surface area (Å²) >= 11 is 6.63. The number of carboxylic acid groups (broad SMARTS) is 1. The van der Waals surface area contributed by atoms with Gasteiger partial charge in [0.15, 0.2) is 11.5 Å². The number of ether oxygens (including phenoxy) is 1. The van der Waals surface area contributed by atoms with E-state index in [1.807, 2.05) is 30.0 Å². The molecule has 0 amide bonds. The minimum absolute atomic E-state index is 0.121. The van der Waals surface area contributed by atoms with E-state index in [4.69, 9.17) is 21.3 Å². The molecular formula is C28H28ClN7O4. The molecule has 4 aromatic heterocycles. The standard InChI is InChI=1S/C28H28ClN7O4/c1-17-11-24(31-5-6-34-7-9-40-10-8-34)32-13-23(17)36-15-20(28(38)39)25(37)19-12-21(29)27(33-26(19)36)35-14-18-3-2-4-30-22(18)16-35/h2-4,11-13,15H,5-10,14,16H2,1H3,(H,31,32)(H,38,39). The van der Waals surface area contributed by atoms with Crippen molar-refractivity contribution < 1.29 is 14.6 Å². The summed E-state index contributed by atoms with van der Waals surface area (Å²) in [6, 6.07) is 7.31. The summed E-state index contributed by atoms with van der Waals surface area (Å²) in [5.41, 5.74) is 2.75. The number of nitrogens with zero attached hydrogens (tertiary/aromatic N) is 6. The molecule has 2 aliphatic rings. The smallest absolute Gasteiger partial charge is 0.341 e. The Kier molecular flexibility index (Phi) is 7.09. The lowest BCUT2D eigenvalue weighted by Crippen LogP contribution is -2.39. The van der Waals surface area contributed by atoms with Crippen LogP contribution >= 0.6 is 11.6 Å². The van der Waals surface area contributed by atoms with E-state index in [0.717, 1.165) is 56.2 Å². The molecule has 2 aliphatic heterocycles. The van der Waals surface area contributed by atoms with E-state index in [9.17, 15) is 14.7 Å². The van der Waals surface area contributed by atoms with E-state index in [1.165, 1.54) is 12.3 Å². The summed E-state index contributed by atoms with van der Waals surface area (Å²) in [5.74, 6) is -0.123. The molecule has 2 N–H and O–H groups in total. The van der Waals surface area contributed by atoms with Gasteiger partial charge in [-0.2, -0.15) is 0 Å². The van der Waals surface area contributed by atoms with Gasteiger partial charge in [0.25, 0.3) is 0 Å².